The van der Waals surface area contributed by atoms with Crippen molar-refractivity contribution < 1.29 is 9.47 Å². The maximum absolute atomic E-state index is 6.00. The molecule has 0 unspecified atom stereocenters. The lowest BCUT2D eigenvalue weighted by Gasteiger charge is -2.33. The summed E-state index contributed by atoms with van der Waals surface area (Å²) in [6, 6.07) is 11.4. The Balaban J connectivity index is 1.82. The van der Waals surface area contributed by atoms with Gasteiger partial charge in [-0.15, -0.1) is 0 Å². The van der Waals surface area contributed by atoms with Crippen LogP contribution in [0.1, 0.15) is 51.5 Å². The molecule has 1 aromatic rings. The minimum Gasteiger partial charge on any atom is -0.383 e. The fourth-order valence-corrected chi connectivity index (χ4v) is 3.54. The summed E-state index contributed by atoms with van der Waals surface area (Å²) in [4.78, 5) is 0. The van der Waals surface area contributed by atoms with E-state index in [2.05, 4.69) is 48.5 Å². The van der Waals surface area contributed by atoms with Crippen LogP contribution in [0, 0.1) is 5.92 Å². The molecule has 4 heteroatoms. The van der Waals surface area contributed by atoms with E-state index in [0.29, 0.717) is 24.6 Å². The van der Waals surface area contributed by atoms with Crippen molar-refractivity contribution in [1.29, 1.82) is 0 Å². The highest BCUT2D eigenvalue weighted by Gasteiger charge is 2.28. The lowest BCUT2D eigenvalue weighted by Crippen LogP contribution is -2.51. The third-order valence-corrected chi connectivity index (χ3v) is 5.12. The molecule has 0 spiro atoms. The Morgan fingerprint density at radius 2 is 2.08 bits per heavy atom. The van der Waals surface area contributed by atoms with Gasteiger partial charge >= 0.3 is 0 Å². The molecule has 0 bridgehead atoms. The van der Waals surface area contributed by atoms with Gasteiger partial charge in [0.2, 0.25) is 0 Å². The molecule has 2 rings (SSSR count). The average molecular weight is 349 g/mol. The zero-order chi connectivity index (χ0) is 17.9. The van der Waals surface area contributed by atoms with E-state index in [1.165, 1.54) is 37.7 Å². The first-order chi connectivity index (χ1) is 12.2. The highest BCUT2D eigenvalue weighted by atomic mass is 16.5. The molecule has 1 aromatic carbocycles. The van der Waals surface area contributed by atoms with Crippen LogP contribution in [0.3, 0.4) is 0 Å². The van der Waals surface area contributed by atoms with E-state index < -0.39 is 0 Å². The number of nitrogens with one attached hydrogen (secondary N) is 1. The van der Waals surface area contributed by atoms with Crippen LogP contribution in [0.5, 0.6) is 0 Å². The van der Waals surface area contributed by atoms with Gasteiger partial charge in [0.15, 0.2) is 0 Å². The molecule has 25 heavy (non-hydrogen) atoms. The number of ether oxygens (including phenoxy) is 2. The monoisotopic (exact) mass is 348 g/mol. The van der Waals surface area contributed by atoms with E-state index in [4.69, 9.17) is 9.47 Å². The van der Waals surface area contributed by atoms with Crippen molar-refractivity contribution in [3.63, 3.8) is 0 Å². The summed E-state index contributed by atoms with van der Waals surface area (Å²) in [6.07, 6.45) is 6.16. The minimum absolute atomic E-state index is 0.466. The second-order valence-corrected chi connectivity index (χ2v) is 7.30. The van der Waals surface area contributed by atoms with E-state index in [1.54, 1.807) is 7.11 Å². The molecule has 1 N–H and O–H groups in total. The van der Waals surface area contributed by atoms with Gasteiger partial charge in [-0.3, -0.25) is 5.43 Å². The molecule has 1 fully saturated rings. The van der Waals surface area contributed by atoms with Crippen molar-refractivity contribution in [3.8, 4) is 0 Å². The molecule has 3 atom stereocenters. The van der Waals surface area contributed by atoms with Crippen LogP contribution in [0.4, 0.5) is 0 Å². The highest BCUT2D eigenvalue weighted by molar-refractivity contribution is 5.13. The molecular weight excluding hydrogens is 312 g/mol. The number of nitrogens with zero attached hydrogens (tertiary/aromatic N) is 1. The molecule has 1 aliphatic rings. The second kappa shape index (κ2) is 11.6. The maximum atomic E-state index is 6.00. The summed E-state index contributed by atoms with van der Waals surface area (Å²) < 4.78 is 11.4. The Morgan fingerprint density at radius 3 is 2.80 bits per heavy atom. The van der Waals surface area contributed by atoms with Gasteiger partial charge in [0.25, 0.3) is 0 Å². The Kier molecular flexibility index (Phi) is 9.48. The van der Waals surface area contributed by atoms with Crippen LogP contribution < -0.4 is 5.43 Å². The first-order valence-electron chi connectivity index (χ1n) is 9.88. The van der Waals surface area contributed by atoms with E-state index in [0.717, 1.165) is 19.8 Å². The lowest BCUT2D eigenvalue weighted by molar-refractivity contribution is 0.0330. The van der Waals surface area contributed by atoms with Crippen LogP contribution in [0.15, 0.2) is 30.3 Å². The standard InChI is InChI=1S/C21H36N2O2/c1-4-5-13-21(22-23-14-9-12-20(23)17-24-3)18(2)15-25-16-19-10-7-6-8-11-19/h6-8,10-11,18,20-22H,4-5,9,12-17H2,1-3H3/t18-,20-,21+/m0/s1. The summed E-state index contributed by atoms with van der Waals surface area (Å²) in [6.45, 7) is 7.98. The first-order valence-corrected chi connectivity index (χ1v) is 9.88. The smallest absolute Gasteiger partial charge is 0.0717 e. The van der Waals surface area contributed by atoms with Gasteiger partial charge in [0, 0.05) is 25.7 Å². The van der Waals surface area contributed by atoms with Gasteiger partial charge in [-0.25, -0.2) is 5.01 Å². The SMILES string of the molecule is CCCC[C@@H](NN1CCC[C@H]1COC)[C@@H](C)COCc1ccccc1. The predicted molar refractivity (Wildman–Crippen MR) is 103 cm³/mol. The number of rotatable bonds is 12. The van der Waals surface area contributed by atoms with Gasteiger partial charge in [-0.2, -0.15) is 0 Å². The van der Waals surface area contributed by atoms with Crippen LogP contribution in [-0.4, -0.2) is 44.0 Å². The van der Waals surface area contributed by atoms with Crippen LogP contribution in [0.25, 0.3) is 0 Å². The molecule has 0 saturated carbocycles. The van der Waals surface area contributed by atoms with Crippen molar-refractivity contribution in [2.45, 2.75) is 64.6 Å². The molecule has 4 nitrogen and oxygen atoms in total. The quantitative estimate of drug-likeness (QED) is 0.619. The van der Waals surface area contributed by atoms with Crippen molar-refractivity contribution in [3.05, 3.63) is 35.9 Å². The van der Waals surface area contributed by atoms with Crippen LogP contribution >= 0.6 is 0 Å². The van der Waals surface area contributed by atoms with E-state index in [9.17, 15) is 0 Å². The molecule has 1 heterocycles. The summed E-state index contributed by atoms with van der Waals surface area (Å²) in [5.74, 6) is 0.485. The van der Waals surface area contributed by atoms with E-state index in [-0.39, 0.29) is 0 Å². The van der Waals surface area contributed by atoms with Crippen molar-refractivity contribution in [2.24, 2.45) is 5.92 Å². The predicted octanol–water partition coefficient (Wildman–Crippen LogP) is 4.01. The average Bonchev–Trinajstić information content (AvgIpc) is 3.06. The van der Waals surface area contributed by atoms with E-state index >= 15 is 0 Å². The molecule has 0 radical (unpaired) electrons. The second-order valence-electron chi connectivity index (χ2n) is 7.30. The molecule has 142 valence electrons. The number of methoxy groups -OCH3 is 1. The first kappa shape index (κ1) is 20.4. The molecule has 0 aromatic heterocycles. The van der Waals surface area contributed by atoms with Gasteiger partial charge in [-0.05, 0) is 30.7 Å². The van der Waals surface area contributed by atoms with Crippen LogP contribution in [-0.2, 0) is 16.1 Å². The molecule has 0 amide bonds. The van der Waals surface area contributed by atoms with Gasteiger partial charge in [-0.1, -0.05) is 57.0 Å². The largest absolute Gasteiger partial charge is 0.383 e. The Hall–Kier alpha value is -0.940. The Labute approximate surface area is 153 Å². The number of hydrazine groups is 1. The third kappa shape index (κ3) is 7.06. The molecule has 0 aliphatic carbocycles. The van der Waals surface area contributed by atoms with Gasteiger partial charge < -0.3 is 9.47 Å². The third-order valence-electron chi connectivity index (χ3n) is 5.12. The number of hydrogen-bond donors (Lipinski definition) is 1. The summed E-state index contributed by atoms with van der Waals surface area (Å²) in [5.41, 5.74) is 5.05. The summed E-state index contributed by atoms with van der Waals surface area (Å²) in [7, 11) is 1.80. The zero-order valence-corrected chi connectivity index (χ0v) is 16.2. The van der Waals surface area contributed by atoms with Crippen molar-refractivity contribution in [1.82, 2.24) is 10.4 Å². The van der Waals surface area contributed by atoms with Crippen molar-refractivity contribution >= 4 is 0 Å². The number of hydrogen-bond acceptors (Lipinski definition) is 4. The Morgan fingerprint density at radius 1 is 1.28 bits per heavy atom. The number of benzene rings is 1. The fraction of sp³-hybridized carbons (Fsp3) is 0.714. The maximum Gasteiger partial charge on any atom is 0.0717 e. The topological polar surface area (TPSA) is 33.7 Å². The minimum atomic E-state index is 0.466. The van der Waals surface area contributed by atoms with Crippen LogP contribution in [0.2, 0.25) is 0 Å². The normalized spacial score (nSPS) is 20.7. The molecule has 1 saturated heterocycles. The molecular formula is C21H36N2O2. The number of unbranched alkanes of at least 4 members (excludes halogenated alkanes) is 1. The van der Waals surface area contributed by atoms with Crippen molar-refractivity contribution in [2.75, 3.05) is 26.9 Å². The van der Waals surface area contributed by atoms with E-state index in [1.807, 2.05) is 6.07 Å². The highest BCUT2D eigenvalue weighted by Crippen LogP contribution is 2.19. The van der Waals surface area contributed by atoms with Gasteiger partial charge in [0.1, 0.15) is 0 Å². The zero-order valence-electron chi connectivity index (χ0n) is 16.2. The summed E-state index contributed by atoms with van der Waals surface area (Å²) >= 11 is 0. The van der Waals surface area contributed by atoms with Gasteiger partial charge in [0.05, 0.1) is 19.8 Å². The fourth-order valence-electron chi connectivity index (χ4n) is 3.54. The summed E-state index contributed by atoms with van der Waals surface area (Å²) in [5, 5.41) is 2.41. The lowest BCUT2D eigenvalue weighted by atomic mass is 9.98. The molecule has 1 aliphatic heterocycles. The Bertz CT molecular complexity index is 454.